The Bertz CT molecular complexity index is 500. The lowest BCUT2D eigenvalue weighted by atomic mass is 9.91. The first-order valence-corrected chi connectivity index (χ1v) is 7.34. The van der Waals surface area contributed by atoms with Crippen molar-refractivity contribution in [2.24, 2.45) is 5.41 Å². The summed E-state index contributed by atoms with van der Waals surface area (Å²) in [5.41, 5.74) is 0.653. The fourth-order valence-electron chi connectivity index (χ4n) is 2.40. The van der Waals surface area contributed by atoms with E-state index in [1.54, 1.807) is 29.4 Å². The average molecular weight is 289 g/mol. The molecule has 21 heavy (non-hydrogen) atoms. The number of rotatable bonds is 2. The third-order valence-corrected chi connectivity index (χ3v) is 3.53. The normalized spacial score (nSPS) is 16.0. The largest absolute Gasteiger partial charge is 0.339 e. The molecule has 2 heterocycles. The average Bonchev–Trinajstić information content (AvgIpc) is 2.46. The molecule has 0 aliphatic carbocycles. The molecule has 0 bridgehead atoms. The van der Waals surface area contributed by atoms with Gasteiger partial charge in [-0.05, 0) is 17.5 Å². The number of aromatic nitrogens is 1. The van der Waals surface area contributed by atoms with Crippen molar-refractivity contribution in [2.75, 3.05) is 26.2 Å². The summed E-state index contributed by atoms with van der Waals surface area (Å²) < 4.78 is 0. The molecule has 1 aromatic heterocycles. The summed E-state index contributed by atoms with van der Waals surface area (Å²) in [5, 5.41) is 0. The summed E-state index contributed by atoms with van der Waals surface area (Å²) in [6.45, 7) is 8.61. The number of carbonyl (C=O) groups excluding carboxylic acids is 2. The van der Waals surface area contributed by atoms with Crippen LogP contribution in [-0.4, -0.2) is 52.8 Å². The standard InChI is InChI=1S/C16H23N3O2/c1-16(2,3)12-14(20)18-8-10-19(11-9-18)15(21)13-4-6-17-7-5-13/h4-7H,8-12H2,1-3H3. The van der Waals surface area contributed by atoms with Gasteiger partial charge < -0.3 is 9.80 Å². The van der Waals surface area contributed by atoms with Crippen molar-refractivity contribution in [2.45, 2.75) is 27.2 Å². The van der Waals surface area contributed by atoms with E-state index in [0.29, 0.717) is 38.2 Å². The number of amides is 2. The van der Waals surface area contributed by atoms with Gasteiger partial charge in [-0.3, -0.25) is 14.6 Å². The Hall–Kier alpha value is -1.91. The molecule has 0 unspecified atom stereocenters. The van der Waals surface area contributed by atoms with Gasteiger partial charge in [0.2, 0.25) is 5.91 Å². The second-order valence-corrected chi connectivity index (χ2v) is 6.65. The number of hydrogen-bond donors (Lipinski definition) is 0. The fourth-order valence-corrected chi connectivity index (χ4v) is 2.40. The van der Waals surface area contributed by atoms with E-state index in [1.165, 1.54) is 0 Å². The number of piperazine rings is 1. The van der Waals surface area contributed by atoms with Gasteiger partial charge in [0, 0.05) is 50.6 Å². The number of hydrogen-bond acceptors (Lipinski definition) is 3. The molecule has 5 heteroatoms. The molecule has 2 rings (SSSR count). The van der Waals surface area contributed by atoms with Gasteiger partial charge in [-0.25, -0.2) is 0 Å². The van der Waals surface area contributed by atoms with Gasteiger partial charge >= 0.3 is 0 Å². The van der Waals surface area contributed by atoms with Crippen molar-refractivity contribution in [3.63, 3.8) is 0 Å². The van der Waals surface area contributed by atoms with E-state index in [1.807, 2.05) is 4.90 Å². The molecule has 0 radical (unpaired) electrons. The molecule has 0 N–H and O–H groups in total. The maximum atomic E-state index is 12.3. The van der Waals surface area contributed by atoms with Gasteiger partial charge in [-0.1, -0.05) is 20.8 Å². The van der Waals surface area contributed by atoms with Crippen molar-refractivity contribution < 1.29 is 9.59 Å². The van der Waals surface area contributed by atoms with Crippen LogP contribution in [0.4, 0.5) is 0 Å². The van der Waals surface area contributed by atoms with E-state index >= 15 is 0 Å². The lowest BCUT2D eigenvalue weighted by Crippen LogP contribution is -2.51. The molecule has 114 valence electrons. The molecular weight excluding hydrogens is 266 g/mol. The minimum absolute atomic E-state index is 0.00107. The van der Waals surface area contributed by atoms with Crippen molar-refractivity contribution >= 4 is 11.8 Å². The predicted octanol–water partition coefficient (Wildman–Crippen LogP) is 1.80. The summed E-state index contributed by atoms with van der Waals surface area (Å²) in [7, 11) is 0. The molecule has 1 aromatic rings. The van der Waals surface area contributed by atoms with Gasteiger partial charge in [-0.15, -0.1) is 0 Å². The number of nitrogens with zero attached hydrogens (tertiary/aromatic N) is 3. The van der Waals surface area contributed by atoms with Crippen molar-refractivity contribution in [1.29, 1.82) is 0 Å². The minimum atomic E-state index is 0.00107. The molecule has 0 spiro atoms. The molecule has 1 aliphatic heterocycles. The lowest BCUT2D eigenvalue weighted by molar-refractivity contribution is -0.134. The quantitative estimate of drug-likeness (QED) is 0.834. The van der Waals surface area contributed by atoms with Crippen LogP contribution in [0.15, 0.2) is 24.5 Å². The molecule has 2 amide bonds. The van der Waals surface area contributed by atoms with E-state index in [-0.39, 0.29) is 17.2 Å². The maximum Gasteiger partial charge on any atom is 0.254 e. The Labute approximate surface area is 126 Å². The Morgan fingerprint density at radius 2 is 1.57 bits per heavy atom. The maximum absolute atomic E-state index is 12.3. The minimum Gasteiger partial charge on any atom is -0.339 e. The van der Waals surface area contributed by atoms with Crippen molar-refractivity contribution in [1.82, 2.24) is 14.8 Å². The van der Waals surface area contributed by atoms with Gasteiger partial charge in [0.05, 0.1) is 0 Å². The van der Waals surface area contributed by atoms with Gasteiger partial charge in [0.1, 0.15) is 0 Å². The van der Waals surface area contributed by atoms with Gasteiger partial charge in [-0.2, -0.15) is 0 Å². The first-order valence-electron chi connectivity index (χ1n) is 7.34. The van der Waals surface area contributed by atoms with Crippen LogP contribution in [0.25, 0.3) is 0 Å². The smallest absolute Gasteiger partial charge is 0.254 e. The Morgan fingerprint density at radius 3 is 2.10 bits per heavy atom. The predicted molar refractivity (Wildman–Crippen MR) is 80.8 cm³/mol. The van der Waals surface area contributed by atoms with Crippen LogP contribution in [0.3, 0.4) is 0 Å². The van der Waals surface area contributed by atoms with E-state index in [0.717, 1.165) is 0 Å². The highest BCUT2D eigenvalue weighted by Gasteiger charge is 2.26. The second-order valence-electron chi connectivity index (χ2n) is 6.65. The summed E-state index contributed by atoms with van der Waals surface area (Å²) >= 11 is 0. The fraction of sp³-hybridized carbons (Fsp3) is 0.562. The van der Waals surface area contributed by atoms with Gasteiger partial charge in [0.15, 0.2) is 0 Å². The summed E-state index contributed by atoms with van der Waals surface area (Å²) in [6.07, 6.45) is 3.79. The molecule has 1 fully saturated rings. The Balaban J connectivity index is 1.89. The molecule has 0 saturated carbocycles. The van der Waals surface area contributed by atoms with Crippen LogP contribution >= 0.6 is 0 Å². The Morgan fingerprint density at radius 1 is 1.05 bits per heavy atom. The van der Waals surface area contributed by atoms with Crippen LogP contribution in [0.5, 0.6) is 0 Å². The zero-order valence-electron chi connectivity index (χ0n) is 13.0. The van der Waals surface area contributed by atoms with E-state index in [4.69, 9.17) is 0 Å². The van der Waals surface area contributed by atoms with Gasteiger partial charge in [0.25, 0.3) is 5.91 Å². The van der Waals surface area contributed by atoms with E-state index in [2.05, 4.69) is 25.8 Å². The third kappa shape index (κ3) is 4.28. The second kappa shape index (κ2) is 6.24. The SMILES string of the molecule is CC(C)(C)CC(=O)N1CCN(C(=O)c2ccncc2)CC1. The van der Waals surface area contributed by atoms with Crippen molar-refractivity contribution in [3.05, 3.63) is 30.1 Å². The highest BCUT2D eigenvalue weighted by Crippen LogP contribution is 2.20. The first-order chi connectivity index (χ1) is 9.87. The Kier molecular flexibility index (Phi) is 4.60. The van der Waals surface area contributed by atoms with Crippen LogP contribution in [0.1, 0.15) is 37.6 Å². The topological polar surface area (TPSA) is 53.5 Å². The first kappa shape index (κ1) is 15.5. The zero-order valence-corrected chi connectivity index (χ0v) is 13.0. The molecule has 5 nitrogen and oxygen atoms in total. The molecule has 1 saturated heterocycles. The van der Waals surface area contributed by atoms with Crippen LogP contribution < -0.4 is 0 Å². The highest BCUT2D eigenvalue weighted by atomic mass is 16.2. The lowest BCUT2D eigenvalue weighted by Gasteiger charge is -2.36. The summed E-state index contributed by atoms with van der Waals surface area (Å²) in [4.78, 5) is 32.1. The number of carbonyl (C=O) groups is 2. The summed E-state index contributed by atoms with van der Waals surface area (Å²) in [5.74, 6) is 0.193. The summed E-state index contributed by atoms with van der Waals surface area (Å²) in [6, 6.07) is 3.44. The third-order valence-electron chi connectivity index (χ3n) is 3.53. The van der Waals surface area contributed by atoms with E-state index < -0.39 is 0 Å². The van der Waals surface area contributed by atoms with Crippen LogP contribution in [0, 0.1) is 5.41 Å². The molecule has 0 aromatic carbocycles. The molecular formula is C16H23N3O2. The van der Waals surface area contributed by atoms with Crippen LogP contribution in [0.2, 0.25) is 0 Å². The zero-order chi connectivity index (χ0) is 15.5. The number of pyridine rings is 1. The monoisotopic (exact) mass is 289 g/mol. The highest BCUT2D eigenvalue weighted by molar-refractivity contribution is 5.94. The van der Waals surface area contributed by atoms with E-state index in [9.17, 15) is 9.59 Å². The van der Waals surface area contributed by atoms with Crippen LogP contribution in [-0.2, 0) is 4.79 Å². The molecule has 0 atom stereocenters. The van der Waals surface area contributed by atoms with Crippen molar-refractivity contribution in [3.8, 4) is 0 Å². The molecule has 1 aliphatic rings.